The lowest BCUT2D eigenvalue weighted by molar-refractivity contribution is 0.305. The summed E-state index contributed by atoms with van der Waals surface area (Å²) < 4.78 is 2.02. The Kier molecular flexibility index (Phi) is 2.54. The first-order valence-corrected chi connectivity index (χ1v) is 5.35. The molecule has 1 aromatic heterocycles. The van der Waals surface area contributed by atoms with E-state index in [9.17, 15) is 0 Å². The molecule has 4 nitrogen and oxygen atoms in total. The van der Waals surface area contributed by atoms with Crippen LogP contribution in [0.5, 0.6) is 0 Å². The molecule has 4 heteroatoms. The number of aromatic nitrogens is 3. The van der Waals surface area contributed by atoms with Gasteiger partial charge in [0.05, 0.1) is 0 Å². The van der Waals surface area contributed by atoms with Crippen molar-refractivity contribution in [3.63, 3.8) is 0 Å². The molecule has 0 aromatic carbocycles. The maximum atomic E-state index is 4.41. The Morgan fingerprint density at radius 2 is 2.21 bits per heavy atom. The molecular weight excluding hydrogens is 176 g/mol. The number of aryl methyl sites for hydroxylation is 1. The van der Waals surface area contributed by atoms with Crippen LogP contribution < -0.4 is 5.32 Å². The minimum Gasteiger partial charge on any atom is -0.317 e. The molecule has 0 saturated carbocycles. The van der Waals surface area contributed by atoms with Gasteiger partial charge in [0, 0.05) is 12.0 Å². The van der Waals surface area contributed by atoms with Crippen molar-refractivity contribution < 1.29 is 0 Å². The summed E-state index contributed by atoms with van der Waals surface area (Å²) in [5, 5.41) is 7.62. The maximum Gasteiger partial charge on any atom is 0.138 e. The molecular formula is C10H18N4. The van der Waals surface area contributed by atoms with Crippen molar-refractivity contribution >= 4 is 0 Å². The van der Waals surface area contributed by atoms with Gasteiger partial charge in [-0.1, -0.05) is 6.92 Å². The van der Waals surface area contributed by atoms with Gasteiger partial charge in [-0.05, 0) is 32.9 Å². The van der Waals surface area contributed by atoms with E-state index in [-0.39, 0.29) is 5.41 Å². The largest absolute Gasteiger partial charge is 0.317 e. The Hall–Kier alpha value is -0.900. The summed E-state index contributed by atoms with van der Waals surface area (Å²) in [5.41, 5.74) is 0.220. The SMILES string of the molecule is CCn1ncnc1C1(C)CCNCC1. The van der Waals surface area contributed by atoms with Crippen LogP contribution >= 0.6 is 0 Å². The fraction of sp³-hybridized carbons (Fsp3) is 0.800. The third-order valence-electron chi connectivity index (χ3n) is 3.16. The highest BCUT2D eigenvalue weighted by molar-refractivity contribution is 5.07. The molecule has 2 heterocycles. The molecule has 0 atom stereocenters. The lowest BCUT2D eigenvalue weighted by Crippen LogP contribution is -2.39. The second-order valence-electron chi connectivity index (χ2n) is 4.21. The average Bonchev–Trinajstić information content (AvgIpc) is 2.67. The summed E-state index contributed by atoms with van der Waals surface area (Å²) in [6, 6.07) is 0. The normalized spacial score (nSPS) is 21.0. The van der Waals surface area contributed by atoms with E-state index in [2.05, 4.69) is 29.2 Å². The Morgan fingerprint density at radius 1 is 1.50 bits per heavy atom. The third kappa shape index (κ3) is 1.54. The minimum absolute atomic E-state index is 0.220. The molecule has 1 fully saturated rings. The van der Waals surface area contributed by atoms with Crippen LogP contribution in [0.15, 0.2) is 6.33 Å². The lowest BCUT2D eigenvalue weighted by atomic mass is 9.80. The summed E-state index contributed by atoms with van der Waals surface area (Å²) >= 11 is 0. The summed E-state index contributed by atoms with van der Waals surface area (Å²) in [6.45, 7) is 7.51. The zero-order valence-corrected chi connectivity index (χ0v) is 8.95. The number of hydrogen-bond acceptors (Lipinski definition) is 3. The second kappa shape index (κ2) is 3.69. The van der Waals surface area contributed by atoms with Gasteiger partial charge in [-0.3, -0.25) is 0 Å². The smallest absolute Gasteiger partial charge is 0.138 e. The van der Waals surface area contributed by atoms with E-state index in [1.54, 1.807) is 6.33 Å². The number of nitrogens with one attached hydrogen (secondary N) is 1. The molecule has 1 aliphatic rings. The Labute approximate surface area is 84.7 Å². The molecule has 0 bridgehead atoms. The van der Waals surface area contributed by atoms with E-state index < -0.39 is 0 Å². The summed E-state index contributed by atoms with van der Waals surface area (Å²) in [5.74, 6) is 1.15. The van der Waals surface area contributed by atoms with Crippen LogP contribution in [0.2, 0.25) is 0 Å². The lowest BCUT2D eigenvalue weighted by Gasteiger charge is -2.33. The van der Waals surface area contributed by atoms with Crippen LogP contribution in [0.4, 0.5) is 0 Å². The molecule has 0 aliphatic carbocycles. The molecule has 0 unspecified atom stereocenters. The van der Waals surface area contributed by atoms with E-state index in [1.807, 2.05) is 4.68 Å². The van der Waals surface area contributed by atoms with Crippen molar-refractivity contribution in [2.45, 2.75) is 38.6 Å². The van der Waals surface area contributed by atoms with Crippen molar-refractivity contribution in [2.75, 3.05) is 13.1 Å². The summed E-state index contributed by atoms with van der Waals surface area (Å²) in [4.78, 5) is 4.41. The highest BCUT2D eigenvalue weighted by Crippen LogP contribution is 2.30. The van der Waals surface area contributed by atoms with Crippen LogP contribution in [0.3, 0.4) is 0 Å². The van der Waals surface area contributed by atoms with Crippen molar-refractivity contribution in [1.82, 2.24) is 20.1 Å². The molecule has 0 amide bonds. The van der Waals surface area contributed by atoms with Gasteiger partial charge in [0.25, 0.3) is 0 Å². The van der Waals surface area contributed by atoms with Crippen LogP contribution in [0.1, 0.15) is 32.5 Å². The highest BCUT2D eigenvalue weighted by atomic mass is 15.3. The molecule has 0 radical (unpaired) electrons. The van der Waals surface area contributed by atoms with Crippen LogP contribution in [-0.4, -0.2) is 27.9 Å². The first-order valence-electron chi connectivity index (χ1n) is 5.35. The Bertz CT molecular complexity index is 299. The molecule has 1 aliphatic heterocycles. The topological polar surface area (TPSA) is 42.7 Å². The highest BCUT2D eigenvalue weighted by Gasteiger charge is 2.32. The first-order chi connectivity index (χ1) is 6.76. The molecule has 0 spiro atoms. The van der Waals surface area contributed by atoms with E-state index in [0.717, 1.165) is 38.3 Å². The van der Waals surface area contributed by atoms with Crippen molar-refractivity contribution in [3.8, 4) is 0 Å². The van der Waals surface area contributed by atoms with Crippen LogP contribution in [-0.2, 0) is 12.0 Å². The van der Waals surface area contributed by atoms with Crippen molar-refractivity contribution in [1.29, 1.82) is 0 Å². The first kappa shape index (κ1) is 9.65. The average molecular weight is 194 g/mol. The predicted molar refractivity (Wildman–Crippen MR) is 55.2 cm³/mol. The van der Waals surface area contributed by atoms with E-state index in [4.69, 9.17) is 0 Å². The fourth-order valence-electron chi connectivity index (χ4n) is 2.17. The van der Waals surface area contributed by atoms with Gasteiger partial charge < -0.3 is 5.32 Å². The quantitative estimate of drug-likeness (QED) is 0.762. The maximum absolute atomic E-state index is 4.41. The minimum atomic E-state index is 0.220. The van der Waals surface area contributed by atoms with Gasteiger partial charge >= 0.3 is 0 Å². The number of hydrogen-bond donors (Lipinski definition) is 1. The van der Waals surface area contributed by atoms with Gasteiger partial charge in [0.1, 0.15) is 12.2 Å². The van der Waals surface area contributed by atoms with Gasteiger partial charge in [0.2, 0.25) is 0 Å². The van der Waals surface area contributed by atoms with Crippen molar-refractivity contribution in [2.24, 2.45) is 0 Å². The monoisotopic (exact) mass is 194 g/mol. The van der Waals surface area contributed by atoms with Gasteiger partial charge in [-0.15, -0.1) is 0 Å². The van der Waals surface area contributed by atoms with E-state index in [1.165, 1.54) is 0 Å². The molecule has 78 valence electrons. The molecule has 2 rings (SSSR count). The number of piperidine rings is 1. The van der Waals surface area contributed by atoms with Crippen LogP contribution in [0, 0.1) is 0 Å². The van der Waals surface area contributed by atoms with Crippen molar-refractivity contribution in [3.05, 3.63) is 12.2 Å². The third-order valence-corrected chi connectivity index (χ3v) is 3.16. The Balaban J connectivity index is 2.27. The van der Waals surface area contributed by atoms with E-state index >= 15 is 0 Å². The Morgan fingerprint density at radius 3 is 2.86 bits per heavy atom. The summed E-state index contributed by atoms with van der Waals surface area (Å²) in [6.07, 6.45) is 3.99. The molecule has 1 aromatic rings. The molecule has 1 N–H and O–H groups in total. The zero-order chi connectivity index (χ0) is 10.0. The predicted octanol–water partition coefficient (Wildman–Crippen LogP) is 0.939. The molecule has 14 heavy (non-hydrogen) atoms. The standard InChI is InChI=1S/C10H18N4/c1-3-14-9(12-8-13-14)10(2)4-6-11-7-5-10/h8,11H,3-7H2,1-2H3. The fourth-order valence-corrected chi connectivity index (χ4v) is 2.17. The number of nitrogens with zero attached hydrogens (tertiary/aromatic N) is 3. The second-order valence-corrected chi connectivity index (χ2v) is 4.21. The van der Waals surface area contributed by atoms with Gasteiger partial charge in [-0.2, -0.15) is 5.10 Å². The summed E-state index contributed by atoms with van der Waals surface area (Å²) in [7, 11) is 0. The van der Waals surface area contributed by atoms with Gasteiger partial charge in [0.15, 0.2) is 0 Å². The van der Waals surface area contributed by atoms with E-state index in [0.29, 0.717) is 0 Å². The number of rotatable bonds is 2. The zero-order valence-electron chi connectivity index (χ0n) is 8.95. The molecule has 1 saturated heterocycles. The van der Waals surface area contributed by atoms with Crippen LogP contribution in [0.25, 0.3) is 0 Å². The van der Waals surface area contributed by atoms with Gasteiger partial charge in [-0.25, -0.2) is 9.67 Å².